The summed E-state index contributed by atoms with van der Waals surface area (Å²) in [6.45, 7) is 11.2. The third-order valence-electron chi connectivity index (χ3n) is 3.33. The smallest absolute Gasteiger partial charge is 0.232 e. The van der Waals surface area contributed by atoms with E-state index in [1.807, 2.05) is 52.8 Å². The van der Waals surface area contributed by atoms with E-state index < -0.39 is 0 Å². The second kappa shape index (κ2) is 10.3. The van der Waals surface area contributed by atoms with E-state index in [9.17, 15) is 0 Å². The summed E-state index contributed by atoms with van der Waals surface area (Å²) in [6.07, 6.45) is 0. The zero-order valence-electron chi connectivity index (χ0n) is 16.4. The van der Waals surface area contributed by atoms with Gasteiger partial charge in [-0.1, -0.05) is 25.9 Å². The number of nitrogens with one attached hydrogen (secondary N) is 1. The first kappa shape index (κ1) is 23.0. The highest BCUT2D eigenvalue weighted by atomic mass is 127. The van der Waals surface area contributed by atoms with E-state index in [-0.39, 0.29) is 41.9 Å². The number of nitrogens with two attached hydrogens (primary N) is 1. The molecule has 0 spiro atoms. The molecule has 0 aliphatic rings. The van der Waals surface area contributed by atoms with E-state index in [2.05, 4.69) is 20.4 Å². The predicted octanol–water partition coefficient (Wildman–Crippen LogP) is 3.71. The first-order chi connectivity index (χ1) is 12.3. The normalized spacial score (nSPS) is 11.7. The topological polar surface area (TPSA) is 108 Å². The van der Waals surface area contributed by atoms with E-state index in [0.717, 1.165) is 5.75 Å². The summed E-state index contributed by atoms with van der Waals surface area (Å²) >= 11 is 0. The minimum Gasteiger partial charge on any atom is -0.494 e. The average molecular weight is 489 g/mol. The second-order valence-electron chi connectivity index (χ2n) is 6.62. The molecule has 3 N–H and O–H groups in total. The molecule has 0 aliphatic heterocycles. The molecule has 1 heterocycles. The lowest BCUT2D eigenvalue weighted by Crippen LogP contribution is -2.23. The van der Waals surface area contributed by atoms with Gasteiger partial charge in [-0.3, -0.25) is 0 Å². The second-order valence-corrected chi connectivity index (χ2v) is 6.62. The SMILES string of the molecule is CCOc1ccc(OCC)c(NC(N)=NCc2noc(C(C)(C)C)n2)c1.I. The van der Waals surface area contributed by atoms with Crippen LogP contribution in [-0.4, -0.2) is 29.3 Å². The lowest BCUT2D eigenvalue weighted by atomic mass is 9.97. The van der Waals surface area contributed by atoms with Gasteiger partial charge in [0.25, 0.3) is 0 Å². The van der Waals surface area contributed by atoms with Crippen molar-refractivity contribution in [2.75, 3.05) is 18.5 Å². The first-order valence-electron chi connectivity index (χ1n) is 8.63. The van der Waals surface area contributed by atoms with Gasteiger partial charge < -0.3 is 25.0 Å². The number of aliphatic imine (C=N–C) groups is 1. The molecule has 0 bridgehead atoms. The van der Waals surface area contributed by atoms with Crippen LogP contribution >= 0.6 is 24.0 Å². The molecule has 150 valence electrons. The van der Waals surface area contributed by atoms with Gasteiger partial charge >= 0.3 is 0 Å². The summed E-state index contributed by atoms with van der Waals surface area (Å²) < 4.78 is 16.4. The molecule has 2 aromatic rings. The molecule has 0 saturated heterocycles. The highest BCUT2D eigenvalue weighted by Crippen LogP contribution is 2.29. The Labute approximate surface area is 176 Å². The van der Waals surface area contributed by atoms with Gasteiger partial charge in [0.2, 0.25) is 5.89 Å². The van der Waals surface area contributed by atoms with Gasteiger partial charge in [0.15, 0.2) is 11.8 Å². The van der Waals surface area contributed by atoms with Crippen LogP contribution in [-0.2, 0) is 12.0 Å². The zero-order chi connectivity index (χ0) is 19.2. The maximum absolute atomic E-state index is 5.99. The first-order valence-corrected chi connectivity index (χ1v) is 8.63. The average Bonchev–Trinajstić information content (AvgIpc) is 3.05. The maximum atomic E-state index is 5.99. The molecule has 0 atom stereocenters. The van der Waals surface area contributed by atoms with Crippen molar-refractivity contribution in [3.63, 3.8) is 0 Å². The Kier molecular flexibility index (Phi) is 8.80. The van der Waals surface area contributed by atoms with E-state index >= 15 is 0 Å². The lowest BCUT2D eigenvalue weighted by molar-refractivity contribution is 0.318. The van der Waals surface area contributed by atoms with Gasteiger partial charge in [0.1, 0.15) is 18.0 Å². The fourth-order valence-electron chi connectivity index (χ4n) is 2.10. The fraction of sp³-hybridized carbons (Fsp3) is 0.500. The molecule has 0 radical (unpaired) electrons. The van der Waals surface area contributed by atoms with Crippen LogP contribution in [0.4, 0.5) is 5.69 Å². The highest BCUT2D eigenvalue weighted by molar-refractivity contribution is 14.0. The predicted molar refractivity (Wildman–Crippen MR) is 116 cm³/mol. The van der Waals surface area contributed by atoms with Crippen molar-refractivity contribution in [2.24, 2.45) is 10.7 Å². The van der Waals surface area contributed by atoms with E-state index in [1.54, 1.807) is 0 Å². The monoisotopic (exact) mass is 489 g/mol. The third kappa shape index (κ3) is 6.89. The number of rotatable bonds is 7. The Hall–Kier alpha value is -2.04. The summed E-state index contributed by atoms with van der Waals surface area (Å²) in [5, 5.41) is 6.96. The zero-order valence-corrected chi connectivity index (χ0v) is 18.7. The van der Waals surface area contributed by atoms with Crippen LogP contribution < -0.4 is 20.5 Å². The Morgan fingerprint density at radius 3 is 2.52 bits per heavy atom. The van der Waals surface area contributed by atoms with E-state index in [4.69, 9.17) is 19.7 Å². The lowest BCUT2D eigenvalue weighted by Gasteiger charge is -2.13. The number of benzene rings is 1. The van der Waals surface area contributed by atoms with Crippen molar-refractivity contribution in [3.05, 3.63) is 29.9 Å². The quantitative estimate of drug-likeness (QED) is 0.347. The molecule has 8 nitrogen and oxygen atoms in total. The van der Waals surface area contributed by atoms with Crippen molar-refractivity contribution in [2.45, 2.75) is 46.6 Å². The molecule has 1 aromatic heterocycles. The molecule has 0 saturated carbocycles. The number of hydrogen-bond acceptors (Lipinski definition) is 6. The van der Waals surface area contributed by atoms with Crippen molar-refractivity contribution in [1.82, 2.24) is 10.1 Å². The van der Waals surface area contributed by atoms with Crippen LogP contribution in [0.15, 0.2) is 27.7 Å². The Morgan fingerprint density at radius 1 is 1.22 bits per heavy atom. The molecular weight excluding hydrogens is 461 g/mol. The minimum atomic E-state index is -0.204. The number of hydrogen-bond donors (Lipinski definition) is 2. The van der Waals surface area contributed by atoms with E-state index in [0.29, 0.717) is 36.4 Å². The Bertz CT molecular complexity index is 756. The molecule has 2 rings (SSSR count). The van der Waals surface area contributed by atoms with Crippen molar-refractivity contribution < 1.29 is 14.0 Å². The van der Waals surface area contributed by atoms with Crippen LogP contribution in [0.5, 0.6) is 11.5 Å². The molecule has 0 aliphatic carbocycles. The standard InChI is InChI=1S/C18H27N5O3.HI/c1-6-24-12-8-9-14(25-7-2)13(10-12)21-17(19)20-11-15-22-16(26-23-15)18(3,4)5;/h8-10H,6-7,11H2,1-5H3,(H3,19,20,21);1H. The molecule has 1 aromatic carbocycles. The third-order valence-corrected chi connectivity index (χ3v) is 3.33. The van der Waals surface area contributed by atoms with Gasteiger partial charge in [-0.25, -0.2) is 4.99 Å². The van der Waals surface area contributed by atoms with Crippen molar-refractivity contribution >= 4 is 35.6 Å². The number of anilines is 1. The summed E-state index contributed by atoms with van der Waals surface area (Å²) in [4.78, 5) is 8.60. The van der Waals surface area contributed by atoms with Crippen LogP contribution in [0.2, 0.25) is 0 Å². The van der Waals surface area contributed by atoms with Crippen LogP contribution in [0.25, 0.3) is 0 Å². The maximum Gasteiger partial charge on any atom is 0.232 e. The highest BCUT2D eigenvalue weighted by Gasteiger charge is 2.21. The van der Waals surface area contributed by atoms with Gasteiger partial charge in [0, 0.05) is 11.5 Å². The number of ether oxygens (including phenoxy) is 2. The Balaban J connectivity index is 0.00000364. The van der Waals surface area contributed by atoms with Crippen molar-refractivity contribution in [1.29, 1.82) is 0 Å². The van der Waals surface area contributed by atoms with Crippen LogP contribution in [0, 0.1) is 0 Å². The summed E-state index contributed by atoms with van der Waals surface area (Å²) in [6, 6.07) is 5.50. The van der Waals surface area contributed by atoms with Gasteiger partial charge in [0.05, 0.1) is 18.9 Å². The molecule has 9 heteroatoms. The van der Waals surface area contributed by atoms with Gasteiger partial charge in [-0.15, -0.1) is 24.0 Å². The molecule has 0 fully saturated rings. The molecule has 27 heavy (non-hydrogen) atoms. The van der Waals surface area contributed by atoms with Crippen LogP contribution in [0.1, 0.15) is 46.3 Å². The Morgan fingerprint density at radius 2 is 1.93 bits per heavy atom. The van der Waals surface area contributed by atoms with Crippen molar-refractivity contribution in [3.8, 4) is 11.5 Å². The minimum absolute atomic E-state index is 0. The van der Waals surface area contributed by atoms with Gasteiger partial charge in [-0.05, 0) is 26.0 Å². The van der Waals surface area contributed by atoms with Gasteiger partial charge in [-0.2, -0.15) is 4.98 Å². The number of nitrogens with zero attached hydrogens (tertiary/aromatic N) is 3. The molecule has 0 amide bonds. The van der Waals surface area contributed by atoms with Crippen LogP contribution in [0.3, 0.4) is 0 Å². The number of aromatic nitrogens is 2. The summed E-state index contributed by atoms with van der Waals surface area (Å²) in [5.41, 5.74) is 6.47. The number of guanidine groups is 1. The summed E-state index contributed by atoms with van der Waals surface area (Å²) in [7, 11) is 0. The van der Waals surface area contributed by atoms with E-state index in [1.165, 1.54) is 0 Å². The molecule has 0 unspecified atom stereocenters. The fourth-order valence-corrected chi connectivity index (χ4v) is 2.10. The summed E-state index contributed by atoms with van der Waals surface area (Å²) in [5.74, 6) is 2.66. The molecular formula is C18H28IN5O3. The number of halogens is 1. The largest absolute Gasteiger partial charge is 0.494 e.